The van der Waals surface area contributed by atoms with Crippen LogP contribution in [0.2, 0.25) is 0 Å². The first-order chi connectivity index (χ1) is 8.63. The number of amides is 1. The molecule has 3 N–H and O–H groups in total. The lowest BCUT2D eigenvalue weighted by Crippen LogP contribution is -2.05. The van der Waals surface area contributed by atoms with Gasteiger partial charge in [0.05, 0.1) is 6.20 Å². The van der Waals surface area contributed by atoms with Crippen LogP contribution in [0.3, 0.4) is 0 Å². The van der Waals surface area contributed by atoms with E-state index in [0.29, 0.717) is 17.3 Å². The molecule has 0 spiro atoms. The summed E-state index contributed by atoms with van der Waals surface area (Å²) in [7, 11) is 0. The fourth-order valence-corrected chi connectivity index (χ4v) is 1.40. The molecule has 1 aromatic carbocycles. The van der Waals surface area contributed by atoms with Crippen LogP contribution in [-0.4, -0.2) is 10.9 Å². The molecule has 0 atom stereocenters. The molecular formula is C13H13N3O2. The summed E-state index contributed by atoms with van der Waals surface area (Å²) in [6.45, 7) is 1.46. The number of benzene rings is 1. The molecule has 1 amide bonds. The average molecular weight is 243 g/mol. The number of pyridine rings is 1. The summed E-state index contributed by atoms with van der Waals surface area (Å²) in [5.41, 5.74) is 6.21. The molecule has 0 aliphatic carbocycles. The molecule has 92 valence electrons. The molecular weight excluding hydrogens is 230 g/mol. The maximum Gasteiger partial charge on any atom is 0.221 e. The van der Waals surface area contributed by atoms with Crippen LogP contribution in [0, 0.1) is 0 Å². The highest BCUT2D eigenvalue weighted by Gasteiger charge is 1.99. The predicted octanol–water partition coefficient (Wildman–Crippen LogP) is 2.41. The third kappa shape index (κ3) is 3.21. The van der Waals surface area contributed by atoms with E-state index in [9.17, 15) is 4.79 Å². The number of anilines is 2. The zero-order chi connectivity index (χ0) is 13.0. The third-order valence-electron chi connectivity index (χ3n) is 2.17. The molecule has 0 aliphatic rings. The van der Waals surface area contributed by atoms with Crippen molar-refractivity contribution in [2.75, 3.05) is 11.1 Å². The van der Waals surface area contributed by atoms with Crippen LogP contribution in [-0.2, 0) is 4.79 Å². The molecule has 0 radical (unpaired) electrons. The van der Waals surface area contributed by atoms with Gasteiger partial charge >= 0.3 is 0 Å². The summed E-state index contributed by atoms with van der Waals surface area (Å²) >= 11 is 0. The molecule has 2 rings (SSSR count). The van der Waals surface area contributed by atoms with E-state index in [1.54, 1.807) is 42.6 Å². The number of nitrogens with one attached hydrogen (secondary N) is 1. The van der Waals surface area contributed by atoms with Crippen LogP contribution in [0.5, 0.6) is 11.5 Å². The molecule has 1 aromatic heterocycles. The second-order valence-electron chi connectivity index (χ2n) is 3.73. The molecule has 0 bridgehead atoms. The Morgan fingerprint density at radius 2 is 1.83 bits per heavy atom. The normalized spacial score (nSPS) is 9.83. The predicted molar refractivity (Wildman–Crippen MR) is 69.5 cm³/mol. The van der Waals surface area contributed by atoms with Crippen molar-refractivity contribution in [3.8, 4) is 11.5 Å². The highest BCUT2D eigenvalue weighted by Crippen LogP contribution is 2.22. The molecule has 0 aliphatic heterocycles. The first-order valence-corrected chi connectivity index (χ1v) is 5.40. The Balaban J connectivity index is 2.06. The molecule has 0 saturated heterocycles. The summed E-state index contributed by atoms with van der Waals surface area (Å²) in [5.74, 6) is 1.61. The summed E-state index contributed by atoms with van der Waals surface area (Å²) in [4.78, 5) is 14.8. The van der Waals surface area contributed by atoms with E-state index in [2.05, 4.69) is 10.3 Å². The summed E-state index contributed by atoms with van der Waals surface area (Å²) in [5, 5.41) is 2.68. The zero-order valence-corrected chi connectivity index (χ0v) is 9.88. The molecule has 0 saturated carbocycles. The fraction of sp³-hybridized carbons (Fsp3) is 0.0769. The van der Waals surface area contributed by atoms with E-state index in [1.807, 2.05) is 0 Å². The molecule has 1 heterocycles. The van der Waals surface area contributed by atoms with Gasteiger partial charge in [-0.25, -0.2) is 4.98 Å². The number of hydrogen-bond donors (Lipinski definition) is 2. The minimum Gasteiger partial charge on any atom is -0.456 e. The molecule has 2 aromatic rings. The van der Waals surface area contributed by atoms with E-state index >= 15 is 0 Å². The maximum absolute atomic E-state index is 10.9. The number of hydrogen-bond acceptors (Lipinski definition) is 4. The number of aromatic nitrogens is 1. The van der Waals surface area contributed by atoms with Gasteiger partial charge in [0.25, 0.3) is 0 Å². The standard InChI is InChI=1S/C13H13N3O2/c1-9(17)16-10-2-4-11(5-3-10)18-12-6-7-13(14)15-8-12/h2-8H,1H3,(H2,14,15)(H,16,17). The van der Waals surface area contributed by atoms with Crippen molar-refractivity contribution in [3.05, 3.63) is 42.6 Å². The van der Waals surface area contributed by atoms with Gasteiger partial charge < -0.3 is 15.8 Å². The van der Waals surface area contributed by atoms with Gasteiger partial charge in [0.1, 0.15) is 17.3 Å². The Hall–Kier alpha value is -2.56. The van der Waals surface area contributed by atoms with Gasteiger partial charge in [-0.1, -0.05) is 0 Å². The second-order valence-corrected chi connectivity index (χ2v) is 3.73. The van der Waals surface area contributed by atoms with Gasteiger partial charge in [-0.15, -0.1) is 0 Å². The lowest BCUT2D eigenvalue weighted by molar-refractivity contribution is -0.114. The van der Waals surface area contributed by atoms with Crippen molar-refractivity contribution in [1.82, 2.24) is 4.98 Å². The number of nitrogen functional groups attached to an aromatic ring is 1. The first kappa shape index (κ1) is 11.9. The van der Waals surface area contributed by atoms with E-state index < -0.39 is 0 Å². The van der Waals surface area contributed by atoms with Gasteiger partial charge in [-0.05, 0) is 36.4 Å². The summed E-state index contributed by atoms with van der Waals surface area (Å²) in [6, 6.07) is 10.5. The quantitative estimate of drug-likeness (QED) is 0.867. The van der Waals surface area contributed by atoms with Crippen LogP contribution >= 0.6 is 0 Å². The lowest BCUT2D eigenvalue weighted by Gasteiger charge is -2.06. The number of nitrogens with zero attached hydrogens (tertiary/aromatic N) is 1. The Kier molecular flexibility index (Phi) is 3.43. The molecule has 0 unspecified atom stereocenters. The van der Waals surface area contributed by atoms with Gasteiger partial charge in [-0.2, -0.15) is 0 Å². The van der Waals surface area contributed by atoms with Crippen LogP contribution in [0.15, 0.2) is 42.6 Å². The van der Waals surface area contributed by atoms with Crippen LogP contribution in [0.4, 0.5) is 11.5 Å². The van der Waals surface area contributed by atoms with Gasteiger partial charge in [-0.3, -0.25) is 4.79 Å². The topological polar surface area (TPSA) is 77.2 Å². The summed E-state index contributed by atoms with van der Waals surface area (Å²) in [6.07, 6.45) is 1.55. The van der Waals surface area contributed by atoms with Crippen LogP contribution in [0.25, 0.3) is 0 Å². The average Bonchev–Trinajstić information content (AvgIpc) is 2.34. The van der Waals surface area contributed by atoms with E-state index in [0.717, 1.165) is 5.69 Å². The molecule has 5 nitrogen and oxygen atoms in total. The summed E-state index contributed by atoms with van der Waals surface area (Å²) < 4.78 is 5.56. The fourth-order valence-electron chi connectivity index (χ4n) is 1.40. The van der Waals surface area contributed by atoms with E-state index in [1.165, 1.54) is 6.92 Å². The van der Waals surface area contributed by atoms with Gasteiger partial charge in [0, 0.05) is 12.6 Å². The number of carbonyl (C=O) groups is 1. The maximum atomic E-state index is 10.9. The largest absolute Gasteiger partial charge is 0.456 e. The Labute approximate surface area is 105 Å². The number of rotatable bonds is 3. The SMILES string of the molecule is CC(=O)Nc1ccc(Oc2ccc(N)nc2)cc1. The monoisotopic (exact) mass is 243 g/mol. The van der Waals surface area contributed by atoms with Crippen molar-refractivity contribution in [3.63, 3.8) is 0 Å². The molecule has 5 heteroatoms. The Morgan fingerprint density at radius 1 is 1.17 bits per heavy atom. The van der Waals surface area contributed by atoms with Crippen molar-refractivity contribution in [2.24, 2.45) is 0 Å². The van der Waals surface area contributed by atoms with Crippen molar-refractivity contribution in [1.29, 1.82) is 0 Å². The number of carbonyl (C=O) groups excluding carboxylic acids is 1. The van der Waals surface area contributed by atoms with E-state index in [-0.39, 0.29) is 5.91 Å². The first-order valence-electron chi connectivity index (χ1n) is 5.40. The van der Waals surface area contributed by atoms with Crippen molar-refractivity contribution in [2.45, 2.75) is 6.92 Å². The minimum atomic E-state index is -0.105. The van der Waals surface area contributed by atoms with Gasteiger partial charge in [0.2, 0.25) is 5.91 Å². The van der Waals surface area contributed by atoms with E-state index in [4.69, 9.17) is 10.5 Å². The second kappa shape index (κ2) is 5.18. The van der Waals surface area contributed by atoms with Gasteiger partial charge in [0.15, 0.2) is 0 Å². The lowest BCUT2D eigenvalue weighted by atomic mass is 10.3. The number of nitrogens with two attached hydrogens (primary N) is 1. The van der Waals surface area contributed by atoms with Crippen LogP contribution < -0.4 is 15.8 Å². The zero-order valence-electron chi connectivity index (χ0n) is 9.88. The Morgan fingerprint density at radius 3 is 2.39 bits per heavy atom. The van der Waals surface area contributed by atoms with Crippen molar-refractivity contribution < 1.29 is 9.53 Å². The third-order valence-corrected chi connectivity index (χ3v) is 2.17. The highest BCUT2D eigenvalue weighted by molar-refractivity contribution is 5.88. The highest BCUT2D eigenvalue weighted by atomic mass is 16.5. The van der Waals surface area contributed by atoms with Crippen molar-refractivity contribution >= 4 is 17.4 Å². The number of ether oxygens (including phenoxy) is 1. The molecule has 18 heavy (non-hydrogen) atoms. The van der Waals surface area contributed by atoms with Crippen LogP contribution in [0.1, 0.15) is 6.92 Å². The smallest absolute Gasteiger partial charge is 0.221 e. The minimum absolute atomic E-state index is 0.105. The molecule has 0 fully saturated rings. The Bertz CT molecular complexity index is 535.